The summed E-state index contributed by atoms with van der Waals surface area (Å²) in [5, 5.41) is 2.88. The number of carbonyl (C=O) groups is 2. The molecule has 1 atom stereocenters. The molecule has 6 nitrogen and oxygen atoms in total. The molecule has 1 amide bonds. The number of hydrazine groups is 1. The molecule has 6 heteroatoms. The number of nitrogens with two attached hydrogens (primary N) is 1. The summed E-state index contributed by atoms with van der Waals surface area (Å²) >= 11 is 0. The van der Waals surface area contributed by atoms with Crippen molar-refractivity contribution in [3.63, 3.8) is 0 Å². The van der Waals surface area contributed by atoms with Crippen molar-refractivity contribution in [1.29, 1.82) is 0 Å². The van der Waals surface area contributed by atoms with Crippen molar-refractivity contribution in [2.24, 2.45) is 5.73 Å². The van der Waals surface area contributed by atoms with E-state index in [1.807, 2.05) is 0 Å². The van der Waals surface area contributed by atoms with Crippen LogP contribution >= 0.6 is 0 Å². The summed E-state index contributed by atoms with van der Waals surface area (Å²) in [6.07, 6.45) is 12.2. The average molecular weight is 324 g/mol. The third kappa shape index (κ3) is 6.57. The quantitative estimate of drug-likeness (QED) is 0.321. The van der Waals surface area contributed by atoms with Crippen LogP contribution in [0.1, 0.15) is 77.0 Å². The normalized spacial score (nSPS) is 22.3. The molecule has 2 aliphatic rings. The average Bonchev–Trinajstić information content (AvgIpc) is 3.17. The van der Waals surface area contributed by atoms with E-state index in [1.165, 1.54) is 32.1 Å². The standard InChI is InChI=1S/C17H32N4O2/c18-12-7-5-3-1-2-4-6-11-17(20-21-17)13-16(23)19-14-9-8-10-15(14)22/h14,20-21H,1-13,18H2,(H,19,23). The maximum atomic E-state index is 12.1. The highest BCUT2D eigenvalue weighted by Gasteiger charge is 2.43. The first-order valence-electron chi connectivity index (χ1n) is 9.22. The number of rotatable bonds is 12. The second kappa shape index (κ2) is 9.35. The molecule has 0 aromatic heterocycles. The number of carbonyl (C=O) groups excluding carboxylic acids is 2. The maximum Gasteiger partial charge on any atom is 0.223 e. The molecule has 0 bridgehead atoms. The van der Waals surface area contributed by atoms with Gasteiger partial charge in [0.05, 0.1) is 12.5 Å². The van der Waals surface area contributed by atoms with Crippen LogP contribution in [0.3, 0.4) is 0 Å². The smallest absolute Gasteiger partial charge is 0.223 e. The van der Waals surface area contributed by atoms with E-state index in [2.05, 4.69) is 16.2 Å². The van der Waals surface area contributed by atoms with Crippen molar-refractivity contribution in [2.45, 2.75) is 88.8 Å². The molecular formula is C17H32N4O2. The largest absolute Gasteiger partial charge is 0.346 e. The summed E-state index contributed by atoms with van der Waals surface area (Å²) in [5.74, 6) is 0.156. The molecule has 1 saturated carbocycles. The second-order valence-electron chi connectivity index (χ2n) is 7.00. The number of hydrogen-bond donors (Lipinski definition) is 4. The Kier molecular flexibility index (Phi) is 7.46. The molecule has 1 aliphatic heterocycles. The van der Waals surface area contributed by atoms with Gasteiger partial charge in [0.25, 0.3) is 0 Å². The summed E-state index contributed by atoms with van der Waals surface area (Å²) in [6.45, 7) is 0.800. The molecule has 1 saturated heterocycles. The van der Waals surface area contributed by atoms with Gasteiger partial charge in [-0.05, 0) is 32.2 Å². The minimum absolute atomic E-state index is 0.0236. The Labute approximate surface area is 139 Å². The van der Waals surface area contributed by atoms with E-state index >= 15 is 0 Å². The van der Waals surface area contributed by atoms with E-state index in [-0.39, 0.29) is 23.4 Å². The van der Waals surface area contributed by atoms with E-state index in [0.717, 1.165) is 38.6 Å². The van der Waals surface area contributed by atoms with Gasteiger partial charge >= 0.3 is 0 Å². The van der Waals surface area contributed by atoms with E-state index in [4.69, 9.17) is 5.73 Å². The Bertz CT molecular complexity index is 396. The molecule has 2 rings (SSSR count). The Morgan fingerprint density at radius 3 is 2.35 bits per heavy atom. The summed E-state index contributed by atoms with van der Waals surface area (Å²) in [6, 6.07) is -0.244. The van der Waals surface area contributed by atoms with Gasteiger partial charge in [0, 0.05) is 6.42 Å². The van der Waals surface area contributed by atoms with Gasteiger partial charge in [0.1, 0.15) is 5.66 Å². The lowest BCUT2D eigenvalue weighted by molar-refractivity contribution is -0.127. The molecule has 0 aromatic carbocycles. The minimum atomic E-state index is -0.244. The summed E-state index contributed by atoms with van der Waals surface area (Å²) in [7, 11) is 0. The topological polar surface area (TPSA) is 116 Å². The van der Waals surface area contributed by atoms with Gasteiger partial charge in [0.15, 0.2) is 5.78 Å². The summed E-state index contributed by atoms with van der Waals surface area (Å²) in [4.78, 5) is 23.7. The molecule has 0 radical (unpaired) electrons. The van der Waals surface area contributed by atoms with Crippen molar-refractivity contribution < 1.29 is 9.59 Å². The van der Waals surface area contributed by atoms with Crippen molar-refractivity contribution in [3.8, 4) is 0 Å². The third-order valence-corrected chi connectivity index (χ3v) is 4.89. The summed E-state index contributed by atoms with van der Waals surface area (Å²) < 4.78 is 0. The van der Waals surface area contributed by atoms with Gasteiger partial charge in [-0.1, -0.05) is 38.5 Å². The molecule has 1 heterocycles. The van der Waals surface area contributed by atoms with Crippen LogP contribution in [0.15, 0.2) is 0 Å². The lowest BCUT2D eigenvalue weighted by Gasteiger charge is -2.15. The summed E-state index contributed by atoms with van der Waals surface area (Å²) in [5.41, 5.74) is 11.5. The molecule has 0 aromatic rings. The number of unbranched alkanes of at least 4 members (excludes halogenated alkanes) is 6. The fourth-order valence-electron chi connectivity index (χ4n) is 3.33. The first kappa shape index (κ1) is 18.4. The lowest BCUT2D eigenvalue weighted by atomic mass is 10.0. The number of Topliss-reactive ketones (excluding diaryl/α,β-unsaturated/α-hetero) is 1. The predicted molar refractivity (Wildman–Crippen MR) is 90.4 cm³/mol. The van der Waals surface area contributed by atoms with Crippen molar-refractivity contribution in [1.82, 2.24) is 16.2 Å². The highest BCUT2D eigenvalue weighted by Crippen LogP contribution is 2.24. The van der Waals surface area contributed by atoms with Crippen molar-refractivity contribution in [2.75, 3.05) is 6.54 Å². The van der Waals surface area contributed by atoms with E-state index in [9.17, 15) is 9.59 Å². The third-order valence-electron chi connectivity index (χ3n) is 4.89. The highest BCUT2D eigenvalue weighted by molar-refractivity contribution is 5.90. The van der Waals surface area contributed by atoms with Crippen LogP contribution in [0.2, 0.25) is 0 Å². The van der Waals surface area contributed by atoms with Gasteiger partial charge in [-0.3, -0.25) is 9.59 Å². The molecular weight excluding hydrogens is 292 g/mol. The molecule has 1 unspecified atom stereocenters. The molecule has 2 fully saturated rings. The number of hydrogen-bond acceptors (Lipinski definition) is 5. The van der Waals surface area contributed by atoms with Gasteiger partial charge in [0.2, 0.25) is 5.91 Å². The Morgan fingerprint density at radius 2 is 1.78 bits per heavy atom. The zero-order chi connectivity index (χ0) is 16.5. The zero-order valence-corrected chi connectivity index (χ0v) is 14.2. The fourth-order valence-corrected chi connectivity index (χ4v) is 3.33. The second-order valence-corrected chi connectivity index (χ2v) is 7.00. The Balaban J connectivity index is 1.53. The number of amides is 1. The minimum Gasteiger partial charge on any atom is -0.346 e. The number of ketones is 1. The first-order valence-corrected chi connectivity index (χ1v) is 9.22. The van der Waals surface area contributed by atoms with Gasteiger partial charge in [-0.25, -0.2) is 10.9 Å². The van der Waals surface area contributed by atoms with Crippen LogP contribution < -0.4 is 21.9 Å². The van der Waals surface area contributed by atoms with Crippen LogP contribution in [0.25, 0.3) is 0 Å². The zero-order valence-electron chi connectivity index (χ0n) is 14.2. The van der Waals surface area contributed by atoms with Crippen LogP contribution in [-0.2, 0) is 9.59 Å². The van der Waals surface area contributed by atoms with E-state index in [1.54, 1.807) is 0 Å². The van der Waals surface area contributed by atoms with Gasteiger partial charge in [-0.15, -0.1) is 0 Å². The lowest BCUT2D eigenvalue weighted by Crippen LogP contribution is -2.40. The van der Waals surface area contributed by atoms with E-state index in [0.29, 0.717) is 12.8 Å². The van der Waals surface area contributed by atoms with Crippen molar-refractivity contribution in [3.05, 3.63) is 0 Å². The van der Waals surface area contributed by atoms with Gasteiger partial charge < -0.3 is 11.1 Å². The molecule has 0 spiro atoms. The fraction of sp³-hybridized carbons (Fsp3) is 0.882. The number of nitrogens with one attached hydrogen (secondary N) is 3. The van der Waals surface area contributed by atoms with Crippen LogP contribution in [0.5, 0.6) is 0 Å². The SMILES string of the molecule is NCCCCCCCCCC1(CC(=O)NC2CCCC2=O)NN1. The van der Waals surface area contributed by atoms with Crippen molar-refractivity contribution >= 4 is 11.7 Å². The van der Waals surface area contributed by atoms with Crippen LogP contribution in [0.4, 0.5) is 0 Å². The molecule has 1 aliphatic carbocycles. The Morgan fingerprint density at radius 1 is 1.13 bits per heavy atom. The molecule has 5 N–H and O–H groups in total. The Hall–Kier alpha value is -0.980. The van der Waals surface area contributed by atoms with Crippen LogP contribution in [0, 0.1) is 0 Å². The predicted octanol–water partition coefficient (Wildman–Crippen LogP) is 1.50. The van der Waals surface area contributed by atoms with Gasteiger partial charge in [-0.2, -0.15) is 0 Å². The highest BCUT2D eigenvalue weighted by atomic mass is 16.2. The van der Waals surface area contributed by atoms with E-state index < -0.39 is 0 Å². The maximum absolute atomic E-state index is 12.1. The van der Waals surface area contributed by atoms with Crippen LogP contribution in [-0.4, -0.2) is 29.9 Å². The first-order chi connectivity index (χ1) is 11.2. The monoisotopic (exact) mass is 324 g/mol. The molecule has 132 valence electrons. The molecule has 23 heavy (non-hydrogen) atoms.